The summed E-state index contributed by atoms with van der Waals surface area (Å²) in [5.41, 5.74) is 0.898. The summed E-state index contributed by atoms with van der Waals surface area (Å²) >= 11 is 0. The Kier molecular flexibility index (Phi) is 5.58. The van der Waals surface area contributed by atoms with Crippen molar-refractivity contribution in [1.29, 1.82) is 0 Å². The largest absolute Gasteiger partial charge is 0.490 e. The van der Waals surface area contributed by atoms with Crippen molar-refractivity contribution < 1.29 is 22.3 Å². The third-order valence-corrected chi connectivity index (χ3v) is 6.38. The summed E-state index contributed by atoms with van der Waals surface area (Å²) in [4.78, 5) is 0. The number of fused-ring (bicyclic) bond motifs is 3. The summed E-state index contributed by atoms with van der Waals surface area (Å²) in [6.07, 6.45) is 5.59. The Labute approximate surface area is 169 Å². The maximum Gasteiger partial charge on any atom is 0.201 e. The molecule has 0 aromatic heterocycles. The van der Waals surface area contributed by atoms with Crippen LogP contribution in [-0.2, 0) is 12.8 Å². The van der Waals surface area contributed by atoms with Crippen molar-refractivity contribution >= 4 is 0 Å². The van der Waals surface area contributed by atoms with E-state index < -0.39 is 23.3 Å². The van der Waals surface area contributed by atoms with Gasteiger partial charge in [-0.1, -0.05) is 39.2 Å². The van der Waals surface area contributed by atoms with Crippen LogP contribution in [-0.4, -0.2) is 6.61 Å². The number of halogens is 4. The number of rotatable bonds is 5. The van der Waals surface area contributed by atoms with E-state index in [1.54, 1.807) is 6.07 Å². The maximum atomic E-state index is 14.9. The lowest BCUT2D eigenvalue weighted by molar-refractivity contribution is 0.182. The molecule has 0 N–H and O–H groups in total. The molecule has 0 aliphatic heterocycles. The van der Waals surface area contributed by atoms with Gasteiger partial charge in [-0.3, -0.25) is 0 Å². The second kappa shape index (κ2) is 8.00. The molecule has 0 amide bonds. The highest BCUT2D eigenvalue weighted by Crippen LogP contribution is 2.45. The molecular weight excluding hydrogens is 380 g/mol. The molecule has 1 nitrogen and oxygen atoms in total. The third-order valence-electron chi connectivity index (χ3n) is 6.38. The van der Waals surface area contributed by atoms with Gasteiger partial charge in [0.05, 0.1) is 6.61 Å². The van der Waals surface area contributed by atoms with E-state index in [2.05, 4.69) is 6.92 Å². The molecule has 1 saturated carbocycles. The zero-order chi connectivity index (χ0) is 20.7. The Morgan fingerprint density at radius 3 is 2.14 bits per heavy atom. The number of ether oxygens (including phenoxy) is 1. The summed E-state index contributed by atoms with van der Waals surface area (Å²) in [6.45, 7) is 4.45. The molecule has 5 heteroatoms. The number of hydrogen-bond acceptors (Lipinski definition) is 1. The van der Waals surface area contributed by atoms with E-state index in [9.17, 15) is 17.6 Å². The average molecular weight is 406 g/mol. The fourth-order valence-electron chi connectivity index (χ4n) is 4.67. The second-order valence-corrected chi connectivity index (χ2v) is 8.60. The highest BCUT2D eigenvalue weighted by Gasteiger charge is 2.32. The molecule has 0 radical (unpaired) electrons. The normalized spacial score (nSPS) is 20.5. The van der Waals surface area contributed by atoms with Crippen LogP contribution < -0.4 is 4.74 Å². The molecule has 2 aliphatic carbocycles. The lowest BCUT2D eigenvalue weighted by Gasteiger charge is -2.26. The maximum absolute atomic E-state index is 14.9. The van der Waals surface area contributed by atoms with E-state index in [-0.39, 0.29) is 28.9 Å². The molecule has 1 fully saturated rings. The smallest absolute Gasteiger partial charge is 0.201 e. The number of aryl methyl sites for hydroxylation is 1. The van der Waals surface area contributed by atoms with Crippen LogP contribution in [0.2, 0.25) is 0 Å². The molecule has 0 bridgehead atoms. The van der Waals surface area contributed by atoms with E-state index in [1.165, 1.54) is 6.07 Å². The SMILES string of the molecule is CCCc1cc2c(c(F)c1F)-c1c(cc(OCC3CCC(C)CC3)c(F)c1F)C2. The summed E-state index contributed by atoms with van der Waals surface area (Å²) < 4.78 is 64.3. The topological polar surface area (TPSA) is 9.23 Å². The lowest BCUT2D eigenvalue weighted by Crippen LogP contribution is -2.19. The van der Waals surface area contributed by atoms with Gasteiger partial charge >= 0.3 is 0 Å². The summed E-state index contributed by atoms with van der Waals surface area (Å²) in [7, 11) is 0. The Balaban J connectivity index is 1.63. The predicted octanol–water partition coefficient (Wildman–Crippen LogP) is 6.97. The van der Waals surface area contributed by atoms with Crippen LogP contribution in [0.4, 0.5) is 17.6 Å². The standard InChI is InChI=1S/C24H26F4O/c1-3-4-15-9-16-10-17-11-18(29-12-14-7-5-13(2)6-8-14)22(26)24(28)20(17)19(16)23(27)21(15)25/h9,11,13-14H,3-8,10,12H2,1-2H3. The molecule has 0 unspecified atom stereocenters. The Bertz CT molecular complexity index is 929. The van der Waals surface area contributed by atoms with E-state index in [0.717, 1.165) is 25.7 Å². The van der Waals surface area contributed by atoms with Gasteiger partial charge in [-0.25, -0.2) is 13.2 Å². The van der Waals surface area contributed by atoms with Crippen molar-refractivity contribution in [1.82, 2.24) is 0 Å². The predicted molar refractivity (Wildman–Crippen MR) is 105 cm³/mol. The molecule has 0 saturated heterocycles. The molecule has 0 spiro atoms. The average Bonchev–Trinajstić information content (AvgIpc) is 3.07. The molecule has 2 aliphatic rings. The van der Waals surface area contributed by atoms with Gasteiger partial charge in [-0.2, -0.15) is 4.39 Å². The molecular formula is C24H26F4O. The van der Waals surface area contributed by atoms with Crippen molar-refractivity contribution in [2.24, 2.45) is 11.8 Å². The van der Waals surface area contributed by atoms with Crippen molar-refractivity contribution in [2.45, 2.75) is 58.8 Å². The summed E-state index contributed by atoms with van der Waals surface area (Å²) in [6, 6.07) is 3.04. The third kappa shape index (κ3) is 3.64. The van der Waals surface area contributed by atoms with Gasteiger partial charge in [0.1, 0.15) is 0 Å². The van der Waals surface area contributed by atoms with Gasteiger partial charge in [0.2, 0.25) is 5.82 Å². The van der Waals surface area contributed by atoms with Crippen LogP contribution in [0.3, 0.4) is 0 Å². The monoisotopic (exact) mass is 406 g/mol. The fraction of sp³-hybridized carbons (Fsp3) is 0.500. The van der Waals surface area contributed by atoms with Crippen LogP contribution in [0.25, 0.3) is 11.1 Å². The van der Waals surface area contributed by atoms with Gasteiger partial charge in [-0.15, -0.1) is 0 Å². The van der Waals surface area contributed by atoms with Crippen LogP contribution in [0.15, 0.2) is 12.1 Å². The molecule has 4 rings (SSSR count). The van der Waals surface area contributed by atoms with Gasteiger partial charge < -0.3 is 4.74 Å². The number of benzene rings is 2. The van der Waals surface area contributed by atoms with Gasteiger partial charge in [0.15, 0.2) is 23.2 Å². The first-order valence-corrected chi connectivity index (χ1v) is 10.5. The highest BCUT2D eigenvalue weighted by molar-refractivity contribution is 5.79. The van der Waals surface area contributed by atoms with E-state index in [0.29, 0.717) is 42.4 Å². The minimum absolute atomic E-state index is 0.137. The fourth-order valence-corrected chi connectivity index (χ4v) is 4.67. The Hall–Kier alpha value is -2.04. The zero-order valence-electron chi connectivity index (χ0n) is 16.9. The first-order valence-electron chi connectivity index (χ1n) is 10.5. The molecule has 0 heterocycles. The molecule has 29 heavy (non-hydrogen) atoms. The molecule has 2 aromatic rings. The first-order chi connectivity index (χ1) is 13.9. The summed E-state index contributed by atoms with van der Waals surface area (Å²) in [5.74, 6) is -3.44. The Morgan fingerprint density at radius 1 is 0.862 bits per heavy atom. The molecule has 0 atom stereocenters. The molecule has 156 valence electrons. The van der Waals surface area contributed by atoms with Gasteiger partial charge in [-0.05, 0) is 60.3 Å². The minimum Gasteiger partial charge on any atom is -0.490 e. The van der Waals surface area contributed by atoms with Gasteiger partial charge in [0, 0.05) is 11.1 Å². The van der Waals surface area contributed by atoms with Crippen LogP contribution in [0.5, 0.6) is 5.75 Å². The quantitative estimate of drug-likeness (QED) is 0.416. The van der Waals surface area contributed by atoms with Crippen molar-refractivity contribution in [3.63, 3.8) is 0 Å². The van der Waals surface area contributed by atoms with Crippen LogP contribution in [0.1, 0.15) is 62.6 Å². The van der Waals surface area contributed by atoms with E-state index >= 15 is 0 Å². The van der Waals surface area contributed by atoms with Gasteiger partial charge in [0.25, 0.3) is 0 Å². The van der Waals surface area contributed by atoms with E-state index in [1.807, 2.05) is 6.92 Å². The lowest BCUT2D eigenvalue weighted by atomic mass is 9.83. The van der Waals surface area contributed by atoms with Crippen molar-refractivity contribution in [3.05, 3.63) is 52.1 Å². The highest BCUT2D eigenvalue weighted by atomic mass is 19.2. The van der Waals surface area contributed by atoms with E-state index in [4.69, 9.17) is 4.74 Å². The Morgan fingerprint density at radius 2 is 1.48 bits per heavy atom. The minimum atomic E-state index is -1.16. The first kappa shape index (κ1) is 20.2. The van der Waals surface area contributed by atoms with Crippen LogP contribution in [0, 0.1) is 35.1 Å². The van der Waals surface area contributed by atoms with Crippen molar-refractivity contribution in [2.75, 3.05) is 6.61 Å². The zero-order valence-corrected chi connectivity index (χ0v) is 16.9. The molecule has 2 aromatic carbocycles. The van der Waals surface area contributed by atoms with Crippen LogP contribution >= 0.6 is 0 Å². The second-order valence-electron chi connectivity index (χ2n) is 8.60. The number of hydrogen-bond donors (Lipinski definition) is 0. The summed E-state index contributed by atoms with van der Waals surface area (Å²) in [5, 5.41) is 0. The van der Waals surface area contributed by atoms with Crippen molar-refractivity contribution in [3.8, 4) is 16.9 Å².